The Hall–Kier alpha value is -2.47. The van der Waals surface area contributed by atoms with Crippen molar-refractivity contribution in [3.8, 4) is 22.8 Å². The Balaban J connectivity index is 1.97. The Kier molecular flexibility index (Phi) is 2.22. The Morgan fingerprint density at radius 3 is 3.00 bits per heavy atom. The molecule has 0 N–H and O–H groups in total. The van der Waals surface area contributed by atoms with E-state index in [4.69, 9.17) is 4.42 Å². The monoisotopic (exact) mass is 268 g/mol. The molecule has 0 saturated carbocycles. The molecule has 0 radical (unpaired) electrons. The summed E-state index contributed by atoms with van der Waals surface area (Å²) in [5.41, 5.74) is 2.07. The molecule has 0 spiro atoms. The molecule has 0 saturated heterocycles. The van der Waals surface area contributed by atoms with Gasteiger partial charge in [-0.05, 0) is 29.6 Å². The van der Waals surface area contributed by atoms with Crippen molar-refractivity contribution in [1.82, 2.24) is 19.6 Å². The van der Waals surface area contributed by atoms with Gasteiger partial charge in [-0.1, -0.05) is 0 Å². The normalized spacial score (nSPS) is 11.2. The minimum atomic E-state index is 0.542. The van der Waals surface area contributed by atoms with Crippen molar-refractivity contribution in [2.24, 2.45) is 0 Å². The number of furan rings is 1. The highest BCUT2D eigenvalue weighted by Gasteiger charge is 2.12. The molecule has 5 nitrogen and oxygen atoms in total. The van der Waals surface area contributed by atoms with Gasteiger partial charge in [0.25, 0.3) is 5.78 Å². The summed E-state index contributed by atoms with van der Waals surface area (Å²) in [6, 6.07) is 7.62. The van der Waals surface area contributed by atoms with Gasteiger partial charge in [-0.15, -0.1) is 5.10 Å². The highest BCUT2D eigenvalue weighted by Crippen LogP contribution is 2.23. The molecule has 0 amide bonds. The predicted octanol–water partition coefficient (Wildman–Crippen LogP) is 3.11. The summed E-state index contributed by atoms with van der Waals surface area (Å²) < 4.78 is 7.05. The number of hydrogen-bond donors (Lipinski definition) is 0. The molecule has 4 rings (SSSR count). The van der Waals surface area contributed by atoms with Crippen molar-refractivity contribution in [1.29, 1.82) is 0 Å². The summed E-state index contributed by atoms with van der Waals surface area (Å²) in [4.78, 5) is 8.61. The summed E-state index contributed by atoms with van der Waals surface area (Å²) in [5.74, 6) is 1.75. The van der Waals surface area contributed by atoms with E-state index in [1.54, 1.807) is 28.3 Å². The molecule has 19 heavy (non-hydrogen) atoms. The van der Waals surface area contributed by atoms with Crippen LogP contribution in [0.15, 0.2) is 51.9 Å². The predicted molar refractivity (Wildman–Crippen MR) is 71.8 cm³/mol. The van der Waals surface area contributed by atoms with Crippen molar-refractivity contribution in [3.05, 3.63) is 47.5 Å². The Bertz CT molecular complexity index is 818. The van der Waals surface area contributed by atoms with Crippen LogP contribution in [0.5, 0.6) is 0 Å². The maximum Gasteiger partial charge on any atom is 0.253 e. The molecule has 0 aromatic carbocycles. The van der Waals surface area contributed by atoms with Crippen molar-refractivity contribution in [3.63, 3.8) is 0 Å². The third-order valence-corrected chi connectivity index (χ3v) is 3.48. The zero-order valence-corrected chi connectivity index (χ0v) is 10.5. The Labute approximate surface area is 112 Å². The molecule has 0 aliphatic heterocycles. The van der Waals surface area contributed by atoms with E-state index in [0.717, 1.165) is 11.3 Å². The summed E-state index contributed by atoms with van der Waals surface area (Å²) in [6.07, 6.45) is 3.34. The lowest BCUT2D eigenvalue weighted by molar-refractivity contribution is 0.577. The minimum absolute atomic E-state index is 0.542. The molecule has 6 heteroatoms. The van der Waals surface area contributed by atoms with Gasteiger partial charge in [0, 0.05) is 17.1 Å². The summed E-state index contributed by atoms with van der Waals surface area (Å²) in [5, 5.41) is 8.57. The summed E-state index contributed by atoms with van der Waals surface area (Å²) in [7, 11) is 0. The summed E-state index contributed by atoms with van der Waals surface area (Å²) in [6.45, 7) is 0. The van der Waals surface area contributed by atoms with E-state index < -0.39 is 0 Å². The SMILES string of the molecule is c1coc(-c2nc3nccc(-c4ccsc4)n3n2)c1. The highest BCUT2D eigenvalue weighted by molar-refractivity contribution is 7.08. The van der Waals surface area contributed by atoms with Crippen molar-refractivity contribution in [2.45, 2.75) is 0 Å². The van der Waals surface area contributed by atoms with Crippen LogP contribution in [0, 0.1) is 0 Å². The first-order valence-corrected chi connectivity index (χ1v) is 6.64. The average Bonchev–Trinajstić information content (AvgIpc) is 3.18. The number of fused-ring (bicyclic) bond motifs is 1. The lowest BCUT2D eigenvalue weighted by Crippen LogP contribution is -1.94. The first-order chi connectivity index (χ1) is 9.42. The van der Waals surface area contributed by atoms with Crippen LogP contribution in [0.3, 0.4) is 0 Å². The van der Waals surface area contributed by atoms with Crippen LogP contribution < -0.4 is 0 Å². The zero-order valence-electron chi connectivity index (χ0n) is 9.72. The lowest BCUT2D eigenvalue weighted by Gasteiger charge is -1.99. The van der Waals surface area contributed by atoms with E-state index in [9.17, 15) is 0 Å². The van der Waals surface area contributed by atoms with Crippen LogP contribution in [-0.2, 0) is 0 Å². The molecule has 0 aliphatic rings. The fourth-order valence-electron chi connectivity index (χ4n) is 1.93. The van der Waals surface area contributed by atoms with Crippen LogP contribution in [-0.4, -0.2) is 19.6 Å². The molecule has 0 bridgehead atoms. The van der Waals surface area contributed by atoms with Gasteiger partial charge in [0.2, 0.25) is 5.82 Å². The molecule has 0 aliphatic carbocycles. The largest absolute Gasteiger partial charge is 0.461 e. The van der Waals surface area contributed by atoms with Crippen molar-refractivity contribution < 1.29 is 4.42 Å². The number of nitrogens with zero attached hydrogens (tertiary/aromatic N) is 4. The van der Waals surface area contributed by atoms with E-state index in [1.165, 1.54) is 0 Å². The van der Waals surface area contributed by atoms with Crippen LogP contribution >= 0.6 is 11.3 Å². The average molecular weight is 268 g/mol. The molecule has 92 valence electrons. The first kappa shape index (κ1) is 10.5. The molecule has 0 fully saturated rings. The molecule has 4 aromatic rings. The van der Waals surface area contributed by atoms with Crippen LogP contribution in [0.1, 0.15) is 0 Å². The number of hydrogen-bond acceptors (Lipinski definition) is 5. The lowest BCUT2D eigenvalue weighted by atomic mass is 10.2. The molecule has 4 heterocycles. The number of thiophene rings is 1. The van der Waals surface area contributed by atoms with Gasteiger partial charge in [-0.25, -0.2) is 4.98 Å². The standard InChI is InChI=1S/C13H8N4OS/c1-2-11(18-6-1)12-15-13-14-5-3-10(17(13)16-12)9-4-7-19-8-9/h1-8H. The van der Waals surface area contributed by atoms with Crippen LogP contribution in [0.2, 0.25) is 0 Å². The van der Waals surface area contributed by atoms with E-state index in [2.05, 4.69) is 20.4 Å². The van der Waals surface area contributed by atoms with Crippen molar-refractivity contribution >= 4 is 17.1 Å². The first-order valence-electron chi connectivity index (χ1n) is 5.70. The maximum atomic E-state index is 5.32. The summed E-state index contributed by atoms with van der Waals surface area (Å²) >= 11 is 1.65. The molecular weight excluding hydrogens is 260 g/mol. The van der Waals surface area contributed by atoms with Gasteiger partial charge in [-0.3, -0.25) is 0 Å². The van der Waals surface area contributed by atoms with E-state index in [-0.39, 0.29) is 0 Å². The van der Waals surface area contributed by atoms with Gasteiger partial charge >= 0.3 is 0 Å². The number of aromatic nitrogens is 4. The van der Waals surface area contributed by atoms with E-state index in [1.807, 2.05) is 29.6 Å². The molecule has 0 unspecified atom stereocenters. The van der Waals surface area contributed by atoms with E-state index in [0.29, 0.717) is 17.4 Å². The smallest absolute Gasteiger partial charge is 0.253 e. The second-order valence-corrected chi connectivity index (χ2v) is 4.75. The third kappa shape index (κ3) is 1.65. The van der Waals surface area contributed by atoms with E-state index >= 15 is 0 Å². The number of rotatable bonds is 2. The quantitative estimate of drug-likeness (QED) is 0.560. The fourth-order valence-corrected chi connectivity index (χ4v) is 2.58. The minimum Gasteiger partial charge on any atom is -0.461 e. The molecular formula is C13H8N4OS. The highest BCUT2D eigenvalue weighted by atomic mass is 32.1. The van der Waals surface area contributed by atoms with Gasteiger partial charge in [0.1, 0.15) is 0 Å². The van der Waals surface area contributed by atoms with Gasteiger partial charge in [0.15, 0.2) is 5.76 Å². The fraction of sp³-hybridized carbons (Fsp3) is 0. The maximum absolute atomic E-state index is 5.32. The molecule has 4 aromatic heterocycles. The van der Waals surface area contributed by atoms with Crippen molar-refractivity contribution in [2.75, 3.05) is 0 Å². The molecule has 0 atom stereocenters. The second-order valence-electron chi connectivity index (χ2n) is 3.97. The Morgan fingerprint density at radius 1 is 1.21 bits per heavy atom. The van der Waals surface area contributed by atoms with Gasteiger partial charge in [-0.2, -0.15) is 20.8 Å². The topological polar surface area (TPSA) is 56.2 Å². The van der Waals surface area contributed by atoms with Gasteiger partial charge in [0.05, 0.1) is 12.0 Å². The third-order valence-electron chi connectivity index (χ3n) is 2.80. The van der Waals surface area contributed by atoms with Gasteiger partial charge < -0.3 is 4.42 Å². The van der Waals surface area contributed by atoms with Crippen LogP contribution in [0.25, 0.3) is 28.6 Å². The Morgan fingerprint density at radius 2 is 2.21 bits per heavy atom. The van der Waals surface area contributed by atoms with Crippen LogP contribution in [0.4, 0.5) is 0 Å². The zero-order chi connectivity index (χ0) is 12.7. The second kappa shape index (κ2) is 4.03.